The van der Waals surface area contributed by atoms with Gasteiger partial charge in [-0.3, -0.25) is 5.41 Å². The molecule has 0 fully saturated rings. The Morgan fingerprint density at radius 3 is 2.19 bits per heavy atom. The SMILES string of the molecule is CCOC(=N)C(F)(CC(C)C)C(=O)OCC. The Morgan fingerprint density at radius 2 is 1.81 bits per heavy atom. The monoisotopic (exact) mass is 233 g/mol. The molecule has 0 rings (SSSR count). The van der Waals surface area contributed by atoms with Gasteiger partial charge in [-0.25, -0.2) is 9.18 Å². The van der Waals surface area contributed by atoms with Gasteiger partial charge in [0.05, 0.1) is 13.2 Å². The van der Waals surface area contributed by atoms with E-state index in [2.05, 4.69) is 4.74 Å². The molecule has 16 heavy (non-hydrogen) atoms. The molecular formula is C11H20FNO3. The highest BCUT2D eigenvalue weighted by Gasteiger charge is 2.47. The van der Waals surface area contributed by atoms with Crippen LogP contribution in [0.5, 0.6) is 0 Å². The van der Waals surface area contributed by atoms with Crippen LogP contribution in [0.15, 0.2) is 0 Å². The Morgan fingerprint density at radius 1 is 1.31 bits per heavy atom. The number of rotatable bonds is 6. The van der Waals surface area contributed by atoms with Crippen LogP contribution in [0.4, 0.5) is 4.39 Å². The van der Waals surface area contributed by atoms with E-state index in [1.807, 2.05) is 0 Å². The maximum absolute atomic E-state index is 14.4. The lowest BCUT2D eigenvalue weighted by Gasteiger charge is -2.24. The second-order valence-electron chi connectivity index (χ2n) is 3.88. The minimum atomic E-state index is -2.46. The van der Waals surface area contributed by atoms with E-state index in [1.165, 1.54) is 0 Å². The number of carbonyl (C=O) groups is 1. The summed E-state index contributed by atoms with van der Waals surface area (Å²) < 4.78 is 23.8. The Kier molecular flexibility index (Phi) is 6.00. The van der Waals surface area contributed by atoms with Gasteiger partial charge in [0.2, 0.25) is 5.90 Å². The zero-order valence-corrected chi connectivity index (χ0v) is 10.3. The summed E-state index contributed by atoms with van der Waals surface area (Å²) in [4.78, 5) is 11.5. The summed E-state index contributed by atoms with van der Waals surface area (Å²) in [6, 6.07) is 0. The van der Waals surface area contributed by atoms with Crippen molar-refractivity contribution in [2.45, 2.75) is 39.8 Å². The number of alkyl halides is 1. The standard InChI is InChI=1S/C11H20FNO3/c1-5-15-9(13)11(12,7-8(3)4)10(14)16-6-2/h8,13H,5-7H2,1-4H3. The fourth-order valence-electron chi connectivity index (χ4n) is 1.34. The van der Waals surface area contributed by atoms with Gasteiger partial charge >= 0.3 is 5.97 Å². The molecule has 0 bridgehead atoms. The molecule has 0 aromatic heterocycles. The van der Waals surface area contributed by atoms with E-state index in [1.54, 1.807) is 27.7 Å². The molecule has 0 aromatic rings. The molecule has 5 heteroatoms. The lowest BCUT2D eigenvalue weighted by Crippen LogP contribution is -2.45. The van der Waals surface area contributed by atoms with Gasteiger partial charge < -0.3 is 9.47 Å². The third-order valence-electron chi connectivity index (χ3n) is 1.94. The molecule has 0 aliphatic rings. The average Bonchev–Trinajstić information content (AvgIpc) is 2.17. The second kappa shape index (κ2) is 6.45. The Bertz CT molecular complexity index is 236. The molecule has 0 heterocycles. The van der Waals surface area contributed by atoms with Crippen LogP contribution in [0, 0.1) is 11.3 Å². The predicted molar refractivity (Wildman–Crippen MR) is 59.3 cm³/mol. The third-order valence-corrected chi connectivity index (χ3v) is 1.94. The molecule has 0 saturated carbocycles. The maximum atomic E-state index is 14.4. The lowest BCUT2D eigenvalue weighted by molar-refractivity contribution is -0.154. The van der Waals surface area contributed by atoms with Crippen molar-refractivity contribution in [3.63, 3.8) is 0 Å². The Balaban J connectivity index is 4.86. The van der Waals surface area contributed by atoms with Crippen molar-refractivity contribution >= 4 is 11.9 Å². The highest BCUT2D eigenvalue weighted by Crippen LogP contribution is 2.25. The fourth-order valence-corrected chi connectivity index (χ4v) is 1.34. The predicted octanol–water partition coefficient (Wildman–Crippen LogP) is 2.32. The minimum Gasteiger partial charge on any atom is -0.479 e. The van der Waals surface area contributed by atoms with Gasteiger partial charge in [0.15, 0.2) is 0 Å². The van der Waals surface area contributed by atoms with Gasteiger partial charge in [-0.15, -0.1) is 0 Å². The molecule has 0 aliphatic carbocycles. The number of hydrogen-bond acceptors (Lipinski definition) is 4. The fraction of sp³-hybridized carbons (Fsp3) is 0.818. The van der Waals surface area contributed by atoms with E-state index in [0.29, 0.717) is 0 Å². The summed E-state index contributed by atoms with van der Waals surface area (Å²) in [5.74, 6) is -1.78. The smallest absolute Gasteiger partial charge is 0.353 e. The van der Waals surface area contributed by atoms with Crippen LogP contribution >= 0.6 is 0 Å². The molecule has 1 N–H and O–H groups in total. The van der Waals surface area contributed by atoms with Crippen molar-refractivity contribution in [3.05, 3.63) is 0 Å². The number of halogens is 1. The summed E-state index contributed by atoms with van der Waals surface area (Å²) in [5.41, 5.74) is -2.46. The Labute approximate surface area is 95.6 Å². The molecule has 94 valence electrons. The van der Waals surface area contributed by atoms with Crippen molar-refractivity contribution in [3.8, 4) is 0 Å². The molecule has 0 spiro atoms. The van der Waals surface area contributed by atoms with Crippen molar-refractivity contribution < 1.29 is 18.7 Å². The van der Waals surface area contributed by atoms with Gasteiger partial charge in [-0.1, -0.05) is 13.8 Å². The summed E-state index contributed by atoms with van der Waals surface area (Å²) >= 11 is 0. The summed E-state index contributed by atoms with van der Waals surface area (Å²) in [5, 5.41) is 7.45. The molecule has 0 aliphatic heterocycles. The molecule has 4 nitrogen and oxygen atoms in total. The quantitative estimate of drug-likeness (QED) is 0.435. The Hall–Kier alpha value is -1.13. The highest BCUT2D eigenvalue weighted by molar-refractivity contribution is 6.04. The molecule has 0 aromatic carbocycles. The van der Waals surface area contributed by atoms with Crippen molar-refractivity contribution in [2.75, 3.05) is 13.2 Å². The number of ether oxygens (including phenoxy) is 2. The highest BCUT2D eigenvalue weighted by atomic mass is 19.1. The molecule has 1 atom stereocenters. The molecular weight excluding hydrogens is 213 g/mol. The lowest BCUT2D eigenvalue weighted by atomic mass is 9.94. The van der Waals surface area contributed by atoms with Gasteiger partial charge in [-0.2, -0.15) is 0 Å². The van der Waals surface area contributed by atoms with Gasteiger partial charge in [-0.05, 0) is 19.8 Å². The number of carbonyl (C=O) groups excluding carboxylic acids is 1. The topological polar surface area (TPSA) is 59.4 Å². The summed E-state index contributed by atoms with van der Waals surface area (Å²) in [6.07, 6.45) is -0.106. The minimum absolute atomic E-state index is 0.0739. The molecule has 0 amide bonds. The maximum Gasteiger partial charge on any atom is 0.353 e. The van der Waals surface area contributed by atoms with Crippen LogP contribution in [-0.4, -0.2) is 30.7 Å². The van der Waals surface area contributed by atoms with Crippen LogP contribution in [0.25, 0.3) is 0 Å². The second-order valence-corrected chi connectivity index (χ2v) is 3.88. The first kappa shape index (κ1) is 14.9. The summed E-state index contributed by atoms with van der Waals surface area (Å²) in [7, 11) is 0. The number of esters is 1. The van der Waals surface area contributed by atoms with Crippen molar-refractivity contribution in [2.24, 2.45) is 5.92 Å². The third kappa shape index (κ3) is 3.79. The van der Waals surface area contributed by atoms with E-state index in [-0.39, 0.29) is 25.6 Å². The largest absolute Gasteiger partial charge is 0.479 e. The van der Waals surface area contributed by atoms with Crippen molar-refractivity contribution in [1.82, 2.24) is 0 Å². The van der Waals surface area contributed by atoms with E-state index in [4.69, 9.17) is 10.1 Å². The normalized spacial score (nSPS) is 14.4. The first-order chi connectivity index (χ1) is 7.38. The number of nitrogens with one attached hydrogen (secondary N) is 1. The van der Waals surface area contributed by atoms with E-state index >= 15 is 0 Å². The van der Waals surface area contributed by atoms with Crippen LogP contribution in [0.3, 0.4) is 0 Å². The van der Waals surface area contributed by atoms with Gasteiger partial charge in [0.1, 0.15) is 0 Å². The zero-order chi connectivity index (χ0) is 12.8. The van der Waals surface area contributed by atoms with Gasteiger partial charge in [0, 0.05) is 6.42 Å². The molecule has 0 radical (unpaired) electrons. The van der Waals surface area contributed by atoms with Gasteiger partial charge in [0.25, 0.3) is 5.67 Å². The van der Waals surface area contributed by atoms with Crippen LogP contribution in [-0.2, 0) is 14.3 Å². The van der Waals surface area contributed by atoms with E-state index < -0.39 is 17.5 Å². The number of hydrogen-bond donors (Lipinski definition) is 1. The van der Waals surface area contributed by atoms with Crippen molar-refractivity contribution in [1.29, 1.82) is 5.41 Å². The summed E-state index contributed by atoms with van der Waals surface area (Å²) in [6.45, 7) is 7.01. The average molecular weight is 233 g/mol. The van der Waals surface area contributed by atoms with E-state index in [9.17, 15) is 9.18 Å². The van der Waals surface area contributed by atoms with Crippen LogP contribution in [0.2, 0.25) is 0 Å². The van der Waals surface area contributed by atoms with Crippen LogP contribution in [0.1, 0.15) is 34.1 Å². The first-order valence-corrected chi connectivity index (χ1v) is 5.46. The molecule has 1 unspecified atom stereocenters. The molecule has 0 saturated heterocycles. The van der Waals surface area contributed by atoms with E-state index in [0.717, 1.165) is 0 Å². The first-order valence-electron chi connectivity index (χ1n) is 5.46. The van der Waals surface area contributed by atoms with Crippen LogP contribution < -0.4 is 0 Å². The zero-order valence-electron chi connectivity index (χ0n) is 10.3.